The van der Waals surface area contributed by atoms with Crippen LogP contribution in [-0.4, -0.2) is 35.6 Å². The molecule has 0 saturated heterocycles. The van der Waals surface area contributed by atoms with Crippen LogP contribution in [0.3, 0.4) is 0 Å². The molecule has 1 rings (SSSR count). The minimum atomic E-state index is -0.858. The third-order valence-electron chi connectivity index (χ3n) is 2.45. The first-order valence-electron chi connectivity index (χ1n) is 6.67. The predicted molar refractivity (Wildman–Crippen MR) is 82.8 cm³/mol. The molecule has 19 heavy (non-hydrogen) atoms. The smallest absolute Gasteiger partial charge is 0.191 e. The van der Waals surface area contributed by atoms with E-state index >= 15 is 0 Å². The zero-order valence-electron chi connectivity index (χ0n) is 11.7. The van der Waals surface area contributed by atoms with Gasteiger partial charge < -0.3 is 10.6 Å². The second-order valence-corrected chi connectivity index (χ2v) is 5.64. The molecule has 0 radical (unpaired) electrons. The van der Waals surface area contributed by atoms with Crippen molar-refractivity contribution in [2.24, 2.45) is 4.99 Å². The molecule has 5 heteroatoms. The molecule has 1 atom stereocenters. The maximum absolute atomic E-state index is 11.9. The summed E-state index contributed by atoms with van der Waals surface area (Å²) in [5, 5.41) is 6.29. The van der Waals surface area contributed by atoms with E-state index in [9.17, 15) is 4.21 Å². The van der Waals surface area contributed by atoms with Crippen molar-refractivity contribution >= 4 is 16.8 Å². The summed E-state index contributed by atoms with van der Waals surface area (Å²) in [6.07, 6.45) is 0. The van der Waals surface area contributed by atoms with Gasteiger partial charge in [-0.05, 0) is 19.4 Å². The minimum absolute atomic E-state index is 0.578. The Bertz CT molecular complexity index is 398. The van der Waals surface area contributed by atoms with Crippen molar-refractivity contribution in [2.75, 3.05) is 25.4 Å². The van der Waals surface area contributed by atoms with Crippen LogP contribution in [0.25, 0.3) is 0 Å². The molecule has 0 aliphatic rings. The van der Waals surface area contributed by atoms with E-state index in [4.69, 9.17) is 0 Å². The zero-order chi connectivity index (χ0) is 13.9. The van der Waals surface area contributed by atoms with Crippen molar-refractivity contribution in [3.63, 3.8) is 0 Å². The Morgan fingerprint density at radius 1 is 1.16 bits per heavy atom. The highest BCUT2D eigenvalue weighted by Crippen LogP contribution is 2.02. The van der Waals surface area contributed by atoms with Crippen LogP contribution < -0.4 is 10.6 Å². The highest BCUT2D eigenvalue weighted by Gasteiger charge is 2.01. The van der Waals surface area contributed by atoms with Gasteiger partial charge in [0.1, 0.15) is 0 Å². The van der Waals surface area contributed by atoms with E-state index in [1.807, 2.05) is 44.2 Å². The molecule has 0 aliphatic heterocycles. The van der Waals surface area contributed by atoms with E-state index < -0.39 is 10.8 Å². The van der Waals surface area contributed by atoms with E-state index in [2.05, 4.69) is 15.6 Å². The Morgan fingerprint density at radius 2 is 1.79 bits per heavy atom. The molecule has 0 fully saturated rings. The number of rotatable bonds is 7. The topological polar surface area (TPSA) is 53.5 Å². The van der Waals surface area contributed by atoms with Crippen molar-refractivity contribution < 1.29 is 4.21 Å². The van der Waals surface area contributed by atoms with Gasteiger partial charge in [0.15, 0.2) is 5.96 Å². The van der Waals surface area contributed by atoms with E-state index in [1.54, 1.807) is 0 Å². The van der Waals surface area contributed by atoms with Gasteiger partial charge >= 0.3 is 0 Å². The van der Waals surface area contributed by atoms with Gasteiger partial charge in [-0.2, -0.15) is 0 Å². The standard InChI is InChI=1S/C14H23N3OS/c1-3-15-14(16-4-2)17-10-11-19(18)12-13-8-6-5-7-9-13/h5-9H,3-4,10-12H2,1-2H3,(H2,15,16,17)/t19-/m0/s1. The molecule has 106 valence electrons. The quantitative estimate of drug-likeness (QED) is 0.588. The minimum Gasteiger partial charge on any atom is -0.357 e. The zero-order valence-corrected chi connectivity index (χ0v) is 12.5. The van der Waals surface area contributed by atoms with Crippen molar-refractivity contribution in [3.8, 4) is 0 Å². The first-order chi connectivity index (χ1) is 9.26. The second-order valence-electron chi connectivity index (χ2n) is 4.06. The van der Waals surface area contributed by atoms with Crippen LogP contribution in [0.2, 0.25) is 0 Å². The molecule has 0 aromatic heterocycles. The van der Waals surface area contributed by atoms with Crippen LogP contribution in [0.15, 0.2) is 35.3 Å². The average Bonchev–Trinajstić information content (AvgIpc) is 2.40. The van der Waals surface area contributed by atoms with Gasteiger partial charge in [0.05, 0.1) is 6.54 Å². The molecular formula is C14H23N3OS. The van der Waals surface area contributed by atoms with Gasteiger partial charge in [-0.3, -0.25) is 9.20 Å². The van der Waals surface area contributed by atoms with Crippen molar-refractivity contribution in [3.05, 3.63) is 35.9 Å². The molecular weight excluding hydrogens is 258 g/mol. The van der Waals surface area contributed by atoms with Crippen LogP contribution in [0.1, 0.15) is 19.4 Å². The summed E-state index contributed by atoms with van der Waals surface area (Å²) in [5.41, 5.74) is 1.11. The predicted octanol–water partition coefficient (Wildman–Crippen LogP) is 1.51. The molecule has 2 N–H and O–H groups in total. The summed E-state index contributed by atoms with van der Waals surface area (Å²) in [5.74, 6) is 1.99. The Hall–Kier alpha value is -1.36. The normalized spacial score (nSPS) is 11.7. The first kappa shape index (κ1) is 15.7. The van der Waals surface area contributed by atoms with E-state index in [-0.39, 0.29) is 0 Å². The number of nitrogens with zero attached hydrogens (tertiary/aromatic N) is 1. The lowest BCUT2D eigenvalue weighted by molar-refractivity contribution is 0.682. The van der Waals surface area contributed by atoms with Crippen LogP contribution in [0.4, 0.5) is 0 Å². The fourth-order valence-corrected chi connectivity index (χ4v) is 2.60. The summed E-state index contributed by atoms with van der Waals surface area (Å²) in [4.78, 5) is 4.39. The average molecular weight is 281 g/mol. The monoisotopic (exact) mass is 281 g/mol. The molecule has 0 saturated carbocycles. The maximum atomic E-state index is 11.9. The lowest BCUT2D eigenvalue weighted by Crippen LogP contribution is -2.37. The van der Waals surface area contributed by atoms with E-state index in [0.717, 1.165) is 24.6 Å². The third-order valence-corrected chi connectivity index (χ3v) is 3.74. The lowest BCUT2D eigenvalue weighted by atomic mass is 10.2. The first-order valence-corrected chi connectivity index (χ1v) is 8.16. The fourth-order valence-electron chi connectivity index (χ4n) is 1.60. The van der Waals surface area contributed by atoms with Gasteiger partial charge in [-0.25, -0.2) is 0 Å². The van der Waals surface area contributed by atoms with Crippen molar-refractivity contribution in [2.45, 2.75) is 19.6 Å². The van der Waals surface area contributed by atoms with Gasteiger partial charge in [-0.1, -0.05) is 30.3 Å². The molecule has 0 heterocycles. The van der Waals surface area contributed by atoms with Crippen molar-refractivity contribution in [1.29, 1.82) is 0 Å². The highest BCUT2D eigenvalue weighted by atomic mass is 32.2. The number of guanidine groups is 1. The van der Waals surface area contributed by atoms with Gasteiger partial charge in [0.2, 0.25) is 0 Å². The molecule has 4 nitrogen and oxygen atoms in total. The van der Waals surface area contributed by atoms with Crippen LogP contribution in [0, 0.1) is 0 Å². The molecule has 0 amide bonds. The molecule has 0 bridgehead atoms. The van der Waals surface area contributed by atoms with Gasteiger partial charge in [0, 0.05) is 35.4 Å². The Morgan fingerprint density at radius 3 is 2.37 bits per heavy atom. The lowest BCUT2D eigenvalue weighted by Gasteiger charge is -2.08. The second kappa shape index (κ2) is 9.55. The fraction of sp³-hybridized carbons (Fsp3) is 0.500. The van der Waals surface area contributed by atoms with Gasteiger partial charge in [-0.15, -0.1) is 0 Å². The van der Waals surface area contributed by atoms with Crippen molar-refractivity contribution in [1.82, 2.24) is 10.6 Å². The molecule has 1 aromatic carbocycles. The van der Waals surface area contributed by atoms with Crippen LogP contribution in [0.5, 0.6) is 0 Å². The summed E-state index contributed by atoms with van der Waals surface area (Å²) >= 11 is 0. The van der Waals surface area contributed by atoms with Gasteiger partial charge in [0.25, 0.3) is 0 Å². The number of hydrogen-bond donors (Lipinski definition) is 2. The number of hydrogen-bond acceptors (Lipinski definition) is 2. The molecule has 0 spiro atoms. The SMILES string of the molecule is CCNC(=NCC[S@](=O)Cc1ccccc1)NCC. The van der Waals surface area contributed by atoms with E-state index in [0.29, 0.717) is 18.1 Å². The van der Waals surface area contributed by atoms with E-state index in [1.165, 1.54) is 0 Å². The number of nitrogens with one attached hydrogen (secondary N) is 2. The summed E-state index contributed by atoms with van der Waals surface area (Å²) in [6, 6.07) is 9.92. The van der Waals surface area contributed by atoms with Crippen LogP contribution >= 0.6 is 0 Å². The third kappa shape index (κ3) is 6.96. The Balaban J connectivity index is 2.35. The summed E-state index contributed by atoms with van der Waals surface area (Å²) < 4.78 is 11.9. The highest BCUT2D eigenvalue weighted by molar-refractivity contribution is 7.84. The number of benzene rings is 1. The summed E-state index contributed by atoms with van der Waals surface area (Å²) in [6.45, 7) is 6.30. The Labute approximate surface area is 118 Å². The summed E-state index contributed by atoms with van der Waals surface area (Å²) in [7, 11) is -0.858. The largest absolute Gasteiger partial charge is 0.357 e. The number of aliphatic imine (C=N–C) groups is 1. The molecule has 0 aliphatic carbocycles. The van der Waals surface area contributed by atoms with Crippen LogP contribution in [-0.2, 0) is 16.6 Å². The molecule has 0 unspecified atom stereocenters. The Kier molecular flexibility index (Phi) is 7.89. The maximum Gasteiger partial charge on any atom is 0.191 e. The molecule has 1 aromatic rings.